The van der Waals surface area contributed by atoms with Gasteiger partial charge in [-0.05, 0) is 43.3 Å². The summed E-state index contributed by atoms with van der Waals surface area (Å²) in [6.45, 7) is 2.72. The number of hydrogen-bond acceptors (Lipinski definition) is 3. The molecule has 0 atom stereocenters. The summed E-state index contributed by atoms with van der Waals surface area (Å²) in [5.41, 5.74) is 0.168. The van der Waals surface area contributed by atoms with Gasteiger partial charge < -0.3 is 15.0 Å². The second-order valence-corrected chi connectivity index (χ2v) is 6.05. The van der Waals surface area contributed by atoms with E-state index in [4.69, 9.17) is 4.74 Å². The normalized spacial score (nSPS) is 13.8. The summed E-state index contributed by atoms with van der Waals surface area (Å²) in [7, 11) is 0. The van der Waals surface area contributed by atoms with Crippen molar-refractivity contribution in [3.63, 3.8) is 0 Å². The molecule has 9 heteroatoms. The summed E-state index contributed by atoms with van der Waals surface area (Å²) in [5, 5.41) is 2.15. The van der Waals surface area contributed by atoms with Gasteiger partial charge in [0.1, 0.15) is 12.3 Å². The number of nitrogens with one attached hydrogen (secondary N) is 1. The molecule has 2 aromatic rings. The lowest BCUT2D eigenvalue weighted by molar-refractivity contribution is -0.116. The molecule has 148 valence electrons. The van der Waals surface area contributed by atoms with E-state index in [1.54, 1.807) is 24.3 Å². The van der Waals surface area contributed by atoms with Crippen molar-refractivity contribution in [2.75, 3.05) is 36.5 Å². The minimum absolute atomic E-state index is 0.291. The van der Waals surface area contributed by atoms with E-state index in [0.717, 1.165) is 6.07 Å². The number of halogens is 3. The largest absolute Gasteiger partial charge is 0.494 e. The molecule has 0 bridgehead atoms. The molecular formula is C19H18F3N3O3. The maximum absolute atomic E-state index is 13.7. The minimum atomic E-state index is -1.67. The zero-order valence-corrected chi connectivity index (χ0v) is 15.0. The van der Waals surface area contributed by atoms with E-state index in [1.807, 2.05) is 6.92 Å². The summed E-state index contributed by atoms with van der Waals surface area (Å²) in [6.07, 6.45) is 0. The van der Waals surface area contributed by atoms with Crippen LogP contribution >= 0.6 is 0 Å². The first-order valence-corrected chi connectivity index (χ1v) is 8.63. The molecule has 0 spiro atoms. The minimum Gasteiger partial charge on any atom is -0.494 e. The number of anilines is 2. The predicted molar refractivity (Wildman–Crippen MR) is 96.9 cm³/mol. The van der Waals surface area contributed by atoms with E-state index < -0.39 is 29.0 Å². The lowest BCUT2D eigenvalue weighted by Crippen LogP contribution is -2.37. The van der Waals surface area contributed by atoms with Crippen molar-refractivity contribution in [3.8, 4) is 5.75 Å². The fourth-order valence-electron chi connectivity index (χ4n) is 2.84. The van der Waals surface area contributed by atoms with Gasteiger partial charge in [-0.1, -0.05) is 0 Å². The standard InChI is InChI=1S/C19H18F3N3O3/c1-2-28-13-5-3-12(4-6-13)25-10-9-24(19(25)27)11-16(26)23-15-8-7-14(20)17(21)18(15)22/h3-8H,2,9-11H2,1H3,(H,23,26). The second kappa shape index (κ2) is 8.20. The van der Waals surface area contributed by atoms with Crippen molar-refractivity contribution < 1.29 is 27.5 Å². The molecule has 1 heterocycles. The van der Waals surface area contributed by atoms with Crippen LogP contribution in [0, 0.1) is 17.5 Å². The lowest BCUT2D eigenvalue weighted by Gasteiger charge is -2.19. The van der Waals surface area contributed by atoms with E-state index in [0.29, 0.717) is 37.2 Å². The highest BCUT2D eigenvalue weighted by Gasteiger charge is 2.31. The molecule has 3 rings (SSSR count). The first-order chi connectivity index (χ1) is 13.4. The summed E-state index contributed by atoms with van der Waals surface area (Å²) in [5.74, 6) is -4.54. The van der Waals surface area contributed by atoms with Crippen LogP contribution in [0.15, 0.2) is 36.4 Å². The van der Waals surface area contributed by atoms with Crippen LogP contribution in [0.3, 0.4) is 0 Å². The molecule has 1 aliphatic heterocycles. The molecule has 2 aromatic carbocycles. The van der Waals surface area contributed by atoms with Crippen LogP contribution in [0.5, 0.6) is 5.75 Å². The average molecular weight is 393 g/mol. The Morgan fingerprint density at radius 1 is 1.07 bits per heavy atom. The molecule has 1 fully saturated rings. The molecule has 0 aliphatic carbocycles. The SMILES string of the molecule is CCOc1ccc(N2CCN(CC(=O)Nc3ccc(F)c(F)c3F)C2=O)cc1. The van der Waals surface area contributed by atoms with Crippen LogP contribution in [0.1, 0.15) is 6.92 Å². The monoisotopic (exact) mass is 393 g/mol. The van der Waals surface area contributed by atoms with Gasteiger partial charge in [-0.2, -0.15) is 0 Å². The highest BCUT2D eigenvalue weighted by atomic mass is 19.2. The van der Waals surface area contributed by atoms with Crippen LogP contribution in [0.25, 0.3) is 0 Å². The Bertz CT molecular complexity index is 890. The molecule has 0 radical (unpaired) electrons. The number of urea groups is 1. The zero-order valence-electron chi connectivity index (χ0n) is 15.0. The van der Waals surface area contributed by atoms with Crippen LogP contribution in [0.2, 0.25) is 0 Å². The number of amides is 3. The highest BCUT2D eigenvalue weighted by molar-refractivity contribution is 5.99. The summed E-state index contributed by atoms with van der Waals surface area (Å²) < 4.78 is 45.2. The smallest absolute Gasteiger partial charge is 0.325 e. The summed E-state index contributed by atoms with van der Waals surface area (Å²) in [4.78, 5) is 27.4. The molecule has 0 aromatic heterocycles. The van der Waals surface area contributed by atoms with Crippen LogP contribution in [0.4, 0.5) is 29.3 Å². The molecule has 28 heavy (non-hydrogen) atoms. The number of carbonyl (C=O) groups excluding carboxylic acids is 2. The predicted octanol–water partition coefficient (Wildman–Crippen LogP) is 3.38. The Balaban J connectivity index is 1.62. The van der Waals surface area contributed by atoms with Crippen LogP contribution in [-0.2, 0) is 4.79 Å². The molecule has 1 aliphatic rings. The van der Waals surface area contributed by atoms with Gasteiger partial charge in [0.05, 0.1) is 12.3 Å². The zero-order chi connectivity index (χ0) is 20.3. The Hall–Kier alpha value is -3.23. The van der Waals surface area contributed by atoms with Crippen molar-refractivity contribution in [2.24, 2.45) is 0 Å². The van der Waals surface area contributed by atoms with Crippen LogP contribution < -0.4 is 15.0 Å². The van der Waals surface area contributed by atoms with Crippen molar-refractivity contribution >= 4 is 23.3 Å². The molecule has 1 N–H and O–H groups in total. The number of ether oxygens (including phenoxy) is 1. The molecule has 6 nitrogen and oxygen atoms in total. The second-order valence-electron chi connectivity index (χ2n) is 6.05. The lowest BCUT2D eigenvalue weighted by atomic mass is 10.2. The Morgan fingerprint density at radius 2 is 1.79 bits per heavy atom. The van der Waals surface area contributed by atoms with Crippen molar-refractivity contribution in [2.45, 2.75) is 6.92 Å². The highest BCUT2D eigenvalue weighted by Crippen LogP contribution is 2.24. The Kier molecular flexibility index (Phi) is 5.72. The van der Waals surface area contributed by atoms with Crippen molar-refractivity contribution in [1.82, 2.24) is 4.90 Å². The van der Waals surface area contributed by atoms with Gasteiger partial charge in [-0.15, -0.1) is 0 Å². The van der Waals surface area contributed by atoms with E-state index in [9.17, 15) is 22.8 Å². The fourth-order valence-corrected chi connectivity index (χ4v) is 2.84. The first-order valence-electron chi connectivity index (χ1n) is 8.63. The molecular weight excluding hydrogens is 375 g/mol. The summed E-state index contributed by atoms with van der Waals surface area (Å²) >= 11 is 0. The third-order valence-electron chi connectivity index (χ3n) is 4.20. The van der Waals surface area contributed by atoms with Crippen LogP contribution in [-0.4, -0.2) is 43.1 Å². The van der Waals surface area contributed by atoms with Gasteiger partial charge in [0.2, 0.25) is 5.91 Å². The number of benzene rings is 2. The van der Waals surface area contributed by atoms with Gasteiger partial charge in [0.15, 0.2) is 17.5 Å². The average Bonchev–Trinajstić information content (AvgIpc) is 3.03. The van der Waals surface area contributed by atoms with E-state index >= 15 is 0 Å². The third-order valence-corrected chi connectivity index (χ3v) is 4.20. The van der Waals surface area contributed by atoms with E-state index in [-0.39, 0.29) is 12.6 Å². The first kappa shape index (κ1) is 19.5. The number of rotatable bonds is 6. The quantitative estimate of drug-likeness (QED) is 0.766. The van der Waals surface area contributed by atoms with E-state index in [1.165, 1.54) is 9.80 Å². The maximum Gasteiger partial charge on any atom is 0.325 e. The Morgan fingerprint density at radius 3 is 2.46 bits per heavy atom. The van der Waals surface area contributed by atoms with Crippen molar-refractivity contribution in [3.05, 3.63) is 53.8 Å². The third kappa shape index (κ3) is 4.03. The topological polar surface area (TPSA) is 61.9 Å². The molecule has 1 saturated heterocycles. The molecule has 0 saturated carbocycles. The fraction of sp³-hybridized carbons (Fsp3) is 0.263. The molecule has 0 unspecified atom stereocenters. The van der Waals surface area contributed by atoms with Gasteiger partial charge in [0.25, 0.3) is 0 Å². The number of hydrogen-bond donors (Lipinski definition) is 1. The van der Waals surface area contributed by atoms with Gasteiger partial charge in [0, 0.05) is 18.8 Å². The van der Waals surface area contributed by atoms with Gasteiger partial charge in [-0.25, -0.2) is 18.0 Å². The maximum atomic E-state index is 13.7. The number of carbonyl (C=O) groups is 2. The Labute approximate surface area is 159 Å². The van der Waals surface area contributed by atoms with Gasteiger partial charge >= 0.3 is 6.03 Å². The van der Waals surface area contributed by atoms with Gasteiger partial charge in [-0.3, -0.25) is 9.69 Å². The van der Waals surface area contributed by atoms with E-state index in [2.05, 4.69) is 5.32 Å². The summed E-state index contributed by atoms with van der Waals surface area (Å²) in [6, 6.07) is 8.21. The molecule has 3 amide bonds. The number of nitrogens with zero attached hydrogens (tertiary/aromatic N) is 2. The van der Waals surface area contributed by atoms with Crippen molar-refractivity contribution in [1.29, 1.82) is 0 Å².